The van der Waals surface area contributed by atoms with E-state index in [0.29, 0.717) is 0 Å². The van der Waals surface area contributed by atoms with E-state index in [1.165, 1.54) is 12.8 Å². The van der Waals surface area contributed by atoms with Crippen LogP contribution in [0.2, 0.25) is 0 Å². The van der Waals surface area contributed by atoms with Gasteiger partial charge in [0.2, 0.25) is 0 Å². The Morgan fingerprint density at radius 3 is 1.89 bits per heavy atom. The molecule has 2 heteroatoms. The predicted molar refractivity (Wildman–Crippen MR) is 37.6 cm³/mol. The molecule has 0 radical (unpaired) electrons. The third-order valence-corrected chi connectivity index (χ3v) is 1.12. The predicted octanol–water partition coefficient (Wildman–Crippen LogP) is 1.45. The van der Waals surface area contributed by atoms with Gasteiger partial charge in [-0.1, -0.05) is 0 Å². The van der Waals surface area contributed by atoms with Gasteiger partial charge in [0, 0.05) is 26.9 Å². The fourth-order valence-electron chi connectivity index (χ4n) is 0.510. The van der Waals surface area contributed by atoms with Crippen LogP contribution in [0.25, 0.3) is 0 Å². The molecule has 0 bridgehead atoms. The van der Waals surface area contributed by atoms with Gasteiger partial charge in [-0.05, 0) is 19.8 Å². The first kappa shape index (κ1) is 8.92. The van der Waals surface area contributed by atoms with Gasteiger partial charge in [-0.25, -0.2) is 0 Å². The zero-order valence-electron chi connectivity index (χ0n) is 6.35. The van der Waals surface area contributed by atoms with Crippen LogP contribution in [0.3, 0.4) is 0 Å². The van der Waals surface area contributed by atoms with Crippen molar-refractivity contribution in [1.82, 2.24) is 0 Å². The molecule has 0 N–H and O–H groups in total. The molecule has 0 atom stereocenters. The standard InChI is InChI=1S/C4H8O.C3H8O/c1-2-4-5-3-1;1-3-4-2/h1-4H2;3H2,1-2H3. The third-order valence-electron chi connectivity index (χ3n) is 1.12. The number of hydrogen-bond donors (Lipinski definition) is 0. The summed E-state index contributed by atoms with van der Waals surface area (Å²) in [4.78, 5) is 0. The van der Waals surface area contributed by atoms with Crippen molar-refractivity contribution < 1.29 is 9.47 Å². The lowest BCUT2D eigenvalue weighted by atomic mass is 10.4. The number of methoxy groups -OCH3 is 1. The molecule has 0 unspecified atom stereocenters. The van der Waals surface area contributed by atoms with Crippen LogP contribution >= 0.6 is 0 Å². The average molecular weight is 132 g/mol. The van der Waals surface area contributed by atoms with Crippen LogP contribution in [-0.2, 0) is 9.47 Å². The van der Waals surface area contributed by atoms with Crippen molar-refractivity contribution in [2.24, 2.45) is 0 Å². The average Bonchev–Trinajstić information content (AvgIpc) is 2.43. The van der Waals surface area contributed by atoms with E-state index in [9.17, 15) is 0 Å². The zero-order chi connectivity index (χ0) is 6.95. The Morgan fingerprint density at radius 2 is 1.78 bits per heavy atom. The molecule has 0 spiro atoms. The largest absolute Gasteiger partial charge is 0.385 e. The highest BCUT2D eigenvalue weighted by atomic mass is 16.5. The molecule has 1 aliphatic heterocycles. The Kier molecular flexibility index (Phi) is 7.85. The fraction of sp³-hybridized carbons (Fsp3) is 1.00. The van der Waals surface area contributed by atoms with Crippen LogP contribution in [0.4, 0.5) is 0 Å². The Labute approximate surface area is 57.2 Å². The smallest absolute Gasteiger partial charge is 0.0466 e. The van der Waals surface area contributed by atoms with Gasteiger partial charge in [-0.2, -0.15) is 0 Å². The molecule has 0 amide bonds. The quantitative estimate of drug-likeness (QED) is 0.537. The second kappa shape index (κ2) is 7.92. The number of hydrogen-bond acceptors (Lipinski definition) is 2. The normalized spacial score (nSPS) is 16.7. The number of rotatable bonds is 1. The van der Waals surface area contributed by atoms with Crippen LogP contribution in [0.15, 0.2) is 0 Å². The first-order valence-corrected chi connectivity index (χ1v) is 3.48. The van der Waals surface area contributed by atoms with E-state index < -0.39 is 0 Å². The summed E-state index contributed by atoms with van der Waals surface area (Å²) in [6.07, 6.45) is 2.56. The molecule has 1 aliphatic rings. The van der Waals surface area contributed by atoms with E-state index in [0.717, 1.165) is 19.8 Å². The SMILES string of the molecule is C1CCOC1.CCOC. The second-order valence-corrected chi connectivity index (χ2v) is 1.90. The Hall–Kier alpha value is -0.0800. The van der Waals surface area contributed by atoms with Gasteiger partial charge in [0.1, 0.15) is 0 Å². The summed E-state index contributed by atoms with van der Waals surface area (Å²) < 4.78 is 9.49. The second-order valence-electron chi connectivity index (χ2n) is 1.90. The molecule has 0 saturated carbocycles. The first-order chi connectivity index (χ1) is 4.41. The van der Waals surface area contributed by atoms with Crippen molar-refractivity contribution in [2.45, 2.75) is 19.8 Å². The van der Waals surface area contributed by atoms with Crippen molar-refractivity contribution >= 4 is 0 Å². The fourth-order valence-corrected chi connectivity index (χ4v) is 0.510. The Bertz CT molecular complexity index is 32.6. The third kappa shape index (κ3) is 7.92. The maximum Gasteiger partial charge on any atom is 0.0466 e. The van der Waals surface area contributed by atoms with Crippen LogP contribution in [0.5, 0.6) is 0 Å². The van der Waals surface area contributed by atoms with Crippen molar-refractivity contribution in [1.29, 1.82) is 0 Å². The lowest BCUT2D eigenvalue weighted by Gasteiger charge is -1.76. The minimum absolute atomic E-state index is 0.819. The summed E-state index contributed by atoms with van der Waals surface area (Å²) in [5, 5.41) is 0. The van der Waals surface area contributed by atoms with E-state index >= 15 is 0 Å². The molecule has 56 valence electrons. The van der Waals surface area contributed by atoms with Crippen LogP contribution in [-0.4, -0.2) is 26.9 Å². The lowest BCUT2D eigenvalue weighted by Crippen LogP contribution is -1.74. The van der Waals surface area contributed by atoms with E-state index in [-0.39, 0.29) is 0 Å². The van der Waals surface area contributed by atoms with Crippen molar-refractivity contribution in [2.75, 3.05) is 26.9 Å². The highest BCUT2D eigenvalue weighted by Gasteiger charge is 1.94. The summed E-state index contributed by atoms with van der Waals surface area (Å²) in [5.74, 6) is 0. The molecular formula is C7H16O2. The molecule has 2 nitrogen and oxygen atoms in total. The summed E-state index contributed by atoms with van der Waals surface area (Å²) in [6, 6.07) is 0. The topological polar surface area (TPSA) is 18.5 Å². The van der Waals surface area contributed by atoms with Gasteiger partial charge >= 0.3 is 0 Å². The number of ether oxygens (including phenoxy) is 2. The minimum atomic E-state index is 0.819. The van der Waals surface area contributed by atoms with E-state index in [4.69, 9.17) is 4.74 Å². The van der Waals surface area contributed by atoms with Crippen molar-refractivity contribution in [3.05, 3.63) is 0 Å². The highest BCUT2D eigenvalue weighted by molar-refractivity contribution is 4.43. The van der Waals surface area contributed by atoms with Crippen molar-refractivity contribution in [3.8, 4) is 0 Å². The summed E-state index contributed by atoms with van der Waals surface area (Å²) in [5.41, 5.74) is 0. The maximum atomic E-state index is 4.94. The lowest BCUT2D eigenvalue weighted by molar-refractivity contribution is 0.198. The van der Waals surface area contributed by atoms with Gasteiger partial charge < -0.3 is 9.47 Å². The maximum absolute atomic E-state index is 4.94. The Balaban J connectivity index is 0.000000148. The van der Waals surface area contributed by atoms with E-state index in [1.807, 2.05) is 6.92 Å². The molecule has 0 aromatic rings. The van der Waals surface area contributed by atoms with Crippen LogP contribution < -0.4 is 0 Å². The van der Waals surface area contributed by atoms with Gasteiger partial charge in [-0.15, -0.1) is 0 Å². The highest BCUT2D eigenvalue weighted by Crippen LogP contribution is 1.98. The molecule has 1 saturated heterocycles. The molecule has 9 heavy (non-hydrogen) atoms. The van der Waals surface area contributed by atoms with E-state index in [1.54, 1.807) is 7.11 Å². The van der Waals surface area contributed by atoms with Gasteiger partial charge in [-0.3, -0.25) is 0 Å². The van der Waals surface area contributed by atoms with E-state index in [2.05, 4.69) is 4.74 Å². The van der Waals surface area contributed by atoms with Crippen molar-refractivity contribution in [3.63, 3.8) is 0 Å². The molecule has 1 rings (SSSR count). The monoisotopic (exact) mass is 132 g/mol. The van der Waals surface area contributed by atoms with Crippen LogP contribution in [0.1, 0.15) is 19.8 Å². The van der Waals surface area contributed by atoms with Gasteiger partial charge in [0.05, 0.1) is 0 Å². The summed E-state index contributed by atoms with van der Waals surface area (Å²) >= 11 is 0. The molecule has 1 fully saturated rings. The Morgan fingerprint density at radius 1 is 1.33 bits per heavy atom. The summed E-state index contributed by atoms with van der Waals surface area (Å²) in [6.45, 7) is 4.78. The summed E-state index contributed by atoms with van der Waals surface area (Å²) in [7, 11) is 1.68. The van der Waals surface area contributed by atoms with Gasteiger partial charge in [0.25, 0.3) is 0 Å². The molecule has 0 aromatic carbocycles. The zero-order valence-corrected chi connectivity index (χ0v) is 6.35. The molecular weight excluding hydrogens is 116 g/mol. The van der Waals surface area contributed by atoms with Crippen LogP contribution in [0, 0.1) is 0 Å². The molecule has 0 aromatic heterocycles. The molecule has 0 aliphatic carbocycles. The minimum Gasteiger partial charge on any atom is -0.385 e. The first-order valence-electron chi connectivity index (χ1n) is 3.48. The van der Waals surface area contributed by atoms with Gasteiger partial charge in [0.15, 0.2) is 0 Å². The molecule has 1 heterocycles.